The highest BCUT2D eigenvalue weighted by Gasteiger charge is 2.14. The van der Waals surface area contributed by atoms with Crippen molar-refractivity contribution < 1.29 is 18.6 Å². The number of anilines is 1. The quantitative estimate of drug-likeness (QED) is 0.657. The lowest BCUT2D eigenvalue weighted by molar-refractivity contribution is 0.397. The fourth-order valence-electron chi connectivity index (χ4n) is 2.54. The van der Waals surface area contributed by atoms with E-state index in [-0.39, 0.29) is 11.9 Å². The van der Waals surface area contributed by atoms with E-state index >= 15 is 0 Å². The number of aromatic nitrogens is 2. The summed E-state index contributed by atoms with van der Waals surface area (Å²) >= 11 is 0. The molecule has 3 rings (SSSR count). The zero-order valence-electron chi connectivity index (χ0n) is 15.3. The van der Waals surface area contributed by atoms with Gasteiger partial charge in [0.25, 0.3) is 0 Å². The van der Waals surface area contributed by atoms with Crippen molar-refractivity contribution >= 4 is 5.95 Å². The first-order valence-electron chi connectivity index (χ1n) is 8.34. The van der Waals surface area contributed by atoms with Gasteiger partial charge in [0, 0.05) is 17.8 Å². The van der Waals surface area contributed by atoms with E-state index in [0.29, 0.717) is 17.6 Å². The highest BCUT2D eigenvalue weighted by atomic mass is 19.1. The Morgan fingerprint density at radius 3 is 2.41 bits per heavy atom. The summed E-state index contributed by atoms with van der Waals surface area (Å²) in [6.07, 6.45) is 1.59. The van der Waals surface area contributed by atoms with Crippen molar-refractivity contribution in [1.29, 1.82) is 0 Å². The van der Waals surface area contributed by atoms with E-state index in [1.165, 1.54) is 24.3 Å². The van der Waals surface area contributed by atoms with Crippen LogP contribution in [0.25, 0.3) is 0 Å². The first-order valence-corrected chi connectivity index (χ1v) is 8.34. The van der Waals surface area contributed by atoms with Gasteiger partial charge in [-0.2, -0.15) is 4.98 Å². The first-order chi connectivity index (χ1) is 13.1. The van der Waals surface area contributed by atoms with Crippen molar-refractivity contribution in [2.24, 2.45) is 0 Å². The molecule has 1 N–H and O–H groups in total. The first kappa shape index (κ1) is 18.4. The molecule has 0 radical (unpaired) electrons. The maximum Gasteiger partial charge on any atom is 0.226 e. The Morgan fingerprint density at radius 1 is 0.963 bits per heavy atom. The molecule has 0 bridgehead atoms. The van der Waals surface area contributed by atoms with Crippen LogP contribution in [-0.2, 0) is 0 Å². The average molecular weight is 369 g/mol. The fourth-order valence-corrected chi connectivity index (χ4v) is 2.54. The summed E-state index contributed by atoms with van der Waals surface area (Å²) in [5.41, 5.74) is 0.908. The molecule has 140 valence electrons. The van der Waals surface area contributed by atoms with E-state index in [0.717, 1.165) is 17.1 Å². The third-order valence-electron chi connectivity index (χ3n) is 3.92. The summed E-state index contributed by atoms with van der Waals surface area (Å²) in [7, 11) is 3.23. The van der Waals surface area contributed by atoms with Gasteiger partial charge < -0.3 is 19.5 Å². The second kappa shape index (κ2) is 8.35. The summed E-state index contributed by atoms with van der Waals surface area (Å²) in [4.78, 5) is 8.57. The molecule has 3 aromatic rings. The molecule has 27 heavy (non-hydrogen) atoms. The molecule has 1 unspecified atom stereocenters. The number of benzene rings is 2. The van der Waals surface area contributed by atoms with Crippen LogP contribution < -0.4 is 19.5 Å². The molecule has 6 nitrogen and oxygen atoms in total. The lowest BCUT2D eigenvalue weighted by Crippen LogP contribution is -2.11. The summed E-state index contributed by atoms with van der Waals surface area (Å²) in [6.45, 7) is 1.97. The highest BCUT2D eigenvalue weighted by molar-refractivity contribution is 5.45. The third kappa shape index (κ3) is 4.63. The van der Waals surface area contributed by atoms with Gasteiger partial charge in [-0.1, -0.05) is 0 Å². The Morgan fingerprint density at radius 2 is 1.70 bits per heavy atom. The molecule has 0 aliphatic heterocycles. The lowest BCUT2D eigenvalue weighted by atomic mass is 10.1. The van der Waals surface area contributed by atoms with Crippen LogP contribution in [0.2, 0.25) is 0 Å². The molecule has 0 aliphatic carbocycles. The minimum atomic E-state index is -0.326. The Labute approximate surface area is 157 Å². The fraction of sp³-hybridized carbons (Fsp3) is 0.200. The zero-order valence-corrected chi connectivity index (χ0v) is 15.3. The van der Waals surface area contributed by atoms with Crippen molar-refractivity contribution in [3.05, 3.63) is 66.1 Å². The number of methoxy groups -OCH3 is 2. The Hall–Kier alpha value is -3.35. The molecule has 1 heterocycles. The summed E-state index contributed by atoms with van der Waals surface area (Å²) in [5, 5.41) is 3.22. The van der Waals surface area contributed by atoms with Crippen molar-refractivity contribution in [1.82, 2.24) is 9.97 Å². The van der Waals surface area contributed by atoms with Crippen LogP contribution >= 0.6 is 0 Å². The van der Waals surface area contributed by atoms with Crippen molar-refractivity contribution in [3.63, 3.8) is 0 Å². The van der Waals surface area contributed by atoms with E-state index < -0.39 is 0 Å². The van der Waals surface area contributed by atoms with Gasteiger partial charge in [0.1, 0.15) is 23.1 Å². The van der Waals surface area contributed by atoms with E-state index in [9.17, 15) is 4.39 Å². The van der Waals surface area contributed by atoms with Crippen molar-refractivity contribution in [3.8, 4) is 23.1 Å². The molecular weight excluding hydrogens is 349 g/mol. The minimum Gasteiger partial charge on any atom is -0.497 e. The summed E-state index contributed by atoms with van der Waals surface area (Å²) in [5.74, 6) is 2.37. The number of hydrogen-bond acceptors (Lipinski definition) is 6. The lowest BCUT2D eigenvalue weighted by Gasteiger charge is -2.18. The molecule has 0 saturated heterocycles. The van der Waals surface area contributed by atoms with E-state index in [2.05, 4.69) is 15.3 Å². The van der Waals surface area contributed by atoms with Crippen LogP contribution in [0.5, 0.6) is 23.1 Å². The molecule has 0 spiro atoms. The van der Waals surface area contributed by atoms with Gasteiger partial charge in [0.2, 0.25) is 11.8 Å². The van der Waals surface area contributed by atoms with E-state index in [1.54, 1.807) is 26.5 Å². The summed E-state index contributed by atoms with van der Waals surface area (Å²) < 4.78 is 29.4. The topological polar surface area (TPSA) is 65.5 Å². The van der Waals surface area contributed by atoms with Gasteiger partial charge in [0.05, 0.1) is 20.3 Å². The molecule has 1 atom stereocenters. The molecule has 7 heteroatoms. The standard InChI is InChI=1S/C20H20FN3O3/c1-13(17-12-16(25-2)8-9-18(17)26-3)23-20-22-11-10-19(24-20)27-15-6-4-14(21)5-7-15/h4-13H,1-3H3,(H,22,23,24). The highest BCUT2D eigenvalue weighted by Crippen LogP contribution is 2.31. The zero-order chi connectivity index (χ0) is 19.2. The second-order valence-corrected chi connectivity index (χ2v) is 5.75. The maximum absolute atomic E-state index is 13.0. The van der Waals surface area contributed by atoms with Crippen LogP contribution in [0.15, 0.2) is 54.7 Å². The normalized spacial score (nSPS) is 11.6. The van der Waals surface area contributed by atoms with Gasteiger partial charge in [-0.05, 0) is 49.4 Å². The van der Waals surface area contributed by atoms with Gasteiger partial charge in [0.15, 0.2) is 0 Å². The number of hydrogen-bond donors (Lipinski definition) is 1. The average Bonchev–Trinajstić information content (AvgIpc) is 2.69. The second-order valence-electron chi connectivity index (χ2n) is 5.75. The molecule has 0 amide bonds. The van der Waals surface area contributed by atoms with Crippen molar-refractivity contribution in [2.75, 3.05) is 19.5 Å². The Balaban J connectivity index is 1.76. The third-order valence-corrected chi connectivity index (χ3v) is 3.92. The smallest absolute Gasteiger partial charge is 0.226 e. The molecule has 2 aromatic carbocycles. The van der Waals surface area contributed by atoms with Crippen LogP contribution in [0.1, 0.15) is 18.5 Å². The number of rotatable bonds is 7. The number of nitrogens with zero attached hydrogens (tertiary/aromatic N) is 2. The van der Waals surface area contributed by atoms with Gasteiger partial charge >= 0.3 is 0 Å². The van der Waals surface area contributed by atoms with Crippen LogP contribution in [0.4, 0.5) is 10.3 Å². The Kier molecular flexibility index (Phi) is 5.71. The van der Waals surface area contributed by atoms with Crippen LogP contribution in [-0.4, -0.2) is 24.2 Å². The predicted octanol–water partition coefficient (Wildman–Crippen LogP) is 4.60. The molecule has 0 fully saturated rings. The van der Waals surface area contributed by atoms with Crippen LogP contribution in [0, 0.1) is 5.82 Å². The molecule has 0 saturated carbocycles. The molecule has 1 aromatic heterocycles. The summed E-state index contributed by atoms with van der Waals surface area (Å²) in [6, 6.07) is 12.8. The largest absolute Gasteiger partial charge is 0.497 e. The Bertz CT molecular complexity index is 903. The maximum atomic E-state index is 13.0. The molecular formula is C20H20FN3O3. The minimum absolute atomic E-state index is 0.142. The van der Waals surface area contributed by atoms with E-state index in [1.807, 2.05) is 25.1 Å². The number of nitrogens with one attached hydrogen (secondary N) is 1. The van der Waals surface area contributed by atoms with Crippen molar-refractivity contribution in [2.45, 2.75) is 13.0 Å². The van der Waals surface area contributed by atoms with Gasteiger partial charge in [-0.25, -0.2) is 9.37 Å². The van der Waals surface area contributed by atoms with E-state index in [4.69, 9.17) is 14.2 Å². The van der Waals surface area contributed by atoms with Gasteiger partial charge in [-0.15, -0.1) is 0 Å². The van der Waals surface area contributed by atoms with Crippen LogP contribution in [0.3, 0.4) is 0 Å². The monoisotopic (exact) mass is 369 g/mol. The predicted molar refractivity (Wildman–Crippen MR) is 100 cm³/mol. The van der Waals surface area contributed by atoms with Gasteiger partial charge in [-0.3, -0.25) is 0 Å². The molecule has 0 aliphatic rings. The SMILES string of the molecule is COc1ccc(OC)c(C(C)Nc2nccc(Oc3ccc(F)cc3)n2)c1. The number of halogens is 1. The number of ether oxygens (including phenoxy) is 3.